The van der Waals surface area contributed by atoms with Gasteiger partial charge < -0.3 is 10.1 Å². The lowest BCUT2D eigenvalue weighted by Crippen LogP contribution is -2.16. The predicted molar refractivity (Wildman–Crippen MR) is 71.9 cm³/mol. The van der Waals surface area contributed by atoms with Crippen molar-refractivity contribution >= 4 is 35.6 Å². The summed E-state index contributed by atoms with van der Waals surface area (Å²) >= 11 is 11.7. The first-order valence-electron chi connectivity index (χ1n) is 4.87. The van der Waals surface area contributed by atoms with Gasteiger partial charge in [0.2, 0.25) is 0 Å². The molecule has 0 saturated carbocycles. The van der Waals surface area contributed by atoms with E-state index in [-0.39, 0.29) is 12.4 Å². The largest absolute Gasteiger partial charge is 0.385 e. The zero-order valence-electron chi connectivity index (χ0n) is 9.13. The van der Waals surface area contributed by atoms with E-state index in [9.17, 15) is 0 Å². The van der Waals surface area contributed by atoms with E-state index in [1.54, 1.807) is 7.11 Å². The van der Waals surface area contributed by atoms with Crippen LogP contribution in [0.1, 0.15) is 12.0 Å². The lowest BCUT2D eigenvalue weighted by atomic mass is 10.2. The molecular formula is C11H16Cl3NO. The number of hydrogen-bond donors (Lipinski definition) is 1. The molecule has 0 atom stereocenters. The van der Waals surface area contributed by atoms with Crippen LogP contribution in [0.5, 0.6) is 0 Å². The molecule has 0 aliphatic rings. The molecule has 1 N–H and O–H groups in total. The highest BCUT2D eigenvalue weighted by atomic mass is 35.5. The van der Waals surface area contributed by atoms with Crippen molar-refractivity contribution in [2.75, 3.05) is 20.3 Å². The van der Waals surface area contributed by atoms with Gasteiger partial charge in [-0.1, -0.05) is 29.3 Å². The summed E-state index contributed by atoms with van der Waals surface area (Å²) in [6, 6.07) is 5.67. The van der Waals surface area contributed by atoms with Gasteiger partial charge in [-0.15, -0.1) is 12.4 Å². The second kappa shape index (κ2) is 9.08. The minimum absolute atomic E-state index is 0. The third-order valence-electron chi connectivity index (χ3n) is 2.02. The van der Waals surface area contributed by atoms with E-state index in [4.69, 9.17) is 27.9 Å². The molecule has 1 aromatic carbocycles. The fourth-order valence-corrected chi connectivity index (χ4v) is 1.54. The first kappa shape index (κ1) is 16.0. The van der Waals surface area contributed by atoms with Crippen LogP contribution in [0.15, 0.2) is 18.2 Å². The maximum atomic E-state index is 5.90. The molecule has 0 unspecified atom stereocenters. The Morgan fingerprint density at radius 1 is 1.25 bits per heavy atom. The molecule has 16 heavy (non-hydrogen) atoms. The molecule has 0 heterocycles. The summed E-state index contributed by atoms with van der Waals surface area (Å²) in [4.78, 5) is 0. The predicted octanol–water partition coefficient (Wildman–Crippen LogP) is 3.54. The summed E-state index contributed by atoms with van der Waals surface area (Å²) in [5, 5.41) is 4.50. The Morgan fingerprint density at radius 2 is 2.00 bits per heavy atom. The maximum Gasteiger partial charge on any atom is 0.0595 e. The average molecular weight is 285 g/mol. The molecule has 0 radical (unpaired) electrons. The zero-order valence-corrected chi connectivity index (χ0v) is 11.5. The fraction of sp³-hybridized carbons (Fsp3) is 0.455. The van der Waals surface area contributed by atoms with Gasteiger partial charge in [0, 0.05) is 20.3 Å². The Kier molecular flexibility index (Phi) is 9.09. The number of halogens is 3. The number of hydrogen-bond acceptors (Lipinski definition) is 2. The Balaban J connectivity index is 0.00000225. The zero-order chi connectivity index (χ0) is 11.1. The van der Waals surface area contributed by atoms with Crippen LogP contribution in [0.3, 0.4) is 0 Å². The summed E-state index contributed by atoms with van der Waals surface area (Å²) in [7, 11) is 1.71. The third-order valence-corrected chi connectivity index (χ3v) is 2.75. The van der Waals surface area contributed by atoms with Crippen LogP contribution in [0, 0.1) is 0 Å². The molecule has 0 spiro atoms. The van der Waals surface area contributed by atoms with Crippen LogP contribution in [-0.4, -0.2) is 20.3 Å². The molecule has 1 rings (SSSR count). The van der Waals surface area contributed by atoms with Gasteiger partial charge in [-0.2, -0.15) is 0 Å². The highest BCUT2D eigenvalue weighted by molar-refractivity contribution is 6.42. The van der Waals surface area contributed by atoms with E-state index >= 15 is 0 Å². The van der Waals surface area contributed by atoms with E-state index in [2.05, 4.69) is 5.32 Å². The average Bonchev–Trinajstić information content (AvgIpc) is 2.23. The van der Waals surface area contributed by atoms with Crippen LogP contribution in [0.25, 0.3) is 0 Å². The fourth-order valence-electron chi connectivity index (χ4n) is 1.22. The van der Waals surface area contributed by atoms with Crippen molar-refractivity contribution in [3.8, 4) is 0 Å². The van der Waals surface area contributed by atoms with Crippen molar-refractivity contribution in [1.82, 2.24) is 5.32 Å². The summed E-state index contributed by atoms with van der Waals surface area (Å²) in [6.45, 7) is 2.53. The van der Waals surface area contributed by atoms with Crippen LogP contribution in [0.4, 0.5) is 0 Å². The van der Waals surface area contributed by atoms with Crippen LogP contribution in [-0.2, 0) is 11.3 Å². The van der Waals surface area contributed by atoms with E-state index in [1.165, 1.54) is 0 Å². The summed E-state index contributed by atoms with van der Waals surface area (Å²) in [6.07, 6.45) is 1.01. The molecule has 0 fully saturated rings. The molecule has 1 aromatic rings. The Bertz CT molecular complexity index is 307. The van der Waals surface area contributed by atoms with Gasteiger partial charge in [0.25, 0.3) is 0 Å². The van der Waals surface area contributed by atoms with Gasteiger partial charge in [0.1, 0.15) is 0 Å². The number of nitrogens with one attached hydrogen (secondary N) is 1. The van der Waals surface area contributed by atoms with E-state index in [0.29, 0.717) is 10.0 Å². The Morgan fingerprint density at radius 3 is 2.62 bits per heavy atom. The summed E-state index contributed by atoms with van der Waals surface area (Å²) in [5.74, 6) is 0. The van der Waals surface area contributed by atoms with Gasteiger partial charge in [0.05, 0.1) is 10.0 Å². The molecule has 0 aromatic heterocycles. The van der Waals surface area contributed by atoms with Gasteiger partial charge in [0.15, 0.2) is 0 Å². The first-order chi connectivity index (χ1) is 7.24. The molecule has 0 amide bonds. The van der Waals surface area contributed by atoms with Crippen LogP contribution >= 0.6 is 35.6 Å². The van der Waals surface area contributed by atoms with Crippen molar-refractivity contribution in [2.45, 2.75) is 13.0 Å². The Hall–Kier alpha value is 0.01000. The molecule has 0 aliphatic heterocycles. The van der Waals surface area contributed by atoms with Gasteiger partial charge >= 0.3 is 0 Å². The first-order valence-corrected chi connectivity index (χ1v) is 5.63. The van der Waals surface area contributed by atoms with Crippen molar-refractivity contribution in [2.24, 2.45) is 0 Å². The second-order valence-corrected chi connectivity index (χ2v) is 4.09. The lowest BCUT2D eigenvalue weighted by Gasteiger charge is -2.05. The highest BCUT2D eigenvalue weighted by Crippen LogP contribution is 2.22. The van der Waals surface area contributed by atoms with Gasteiger partial charge in [-0.25, -0.2) is 0 Å². The molecule has 0 aliphatic carbocycles. The molecule has 0 bridgehead atoms. The third kappa shape index (κ3) is 5.92. The number of methoxy groups -OCH3 is 1. The SMILES string of the molecule is COCCCNCc1ccc(Cl)c(Cl)c1.Cl. The molecule has 2 nitrogen and oxygen atoms in total. The summed E-state index contributed by atoms with van der Waals surface area (Å²) in [5.41, 5.74) is 1.14. The van der Waals surface area contributed by atoms with Gasteiger partial charge in [-0.3, -0.25) is 0 Å². The number of benzene rings is 1. The second-order valence-electron chi connectivity index (χ2n) is 3.27. The maximum absolute atomic E-state index is 5.90. The molecule has 92 valence electrons. The minimum Gasteiger partial charge on any atom is -0.385 e. The van der Waals surface area contributed by atoms with Crippen LogP contribution in [0.2, 0.25) is 10.0 Å². The lowest BCUT2D eigenvalue weighted by molar-refractivity contribution is 0.194. The van der Waals surface area contributed by atoms with E-state index in [1.807, 2.05) is 18.2 Å². The van der Waals surface area contributed by atoms with Gasteiger partial charge in [-0.05, 0) is 30.7 Å². The smallest absolute Gasteiger partial charge is 0.0595 e. The Labute approximate surface area is 113 Å². The highest BCUT2D eigenvalue weighted by Gasteiger charge is 1.98. The van der Waals surface area contributed by atoms with E-state index < -0.39 is 0 Å². The monoisotopic (exact) mass is 283 g/mol. The normalized spacial score (nSPS) is 9.94. The minimum atomic E-state index is 0. The summed E-state index contributed by atoms with van der Waals surface area (Å²) < 4.78 is 4.95. The van der Waals surface area contributed by atoms with Crippen LogP contribution < -0.4 is 5.32 Å². The molecule has 5 heteroatoms. The molecular weight excluding hydrogens is 268 g/mol. The van der Waals surface area contributed by atoms with Crippen molar-refractivity contribution in [1.29, 1.82) is 0 Å². The number of rotatable bonds is 6. The standard InChI is InChI=1S/C11H15Cl2NO.ClH/c1-15-6-2-5-14-8-9-3-4-10(12)11(13)7-9;/h3-4,7,14H,2,5-6,8H2,1H3;1H. The van der Waals surface area contributed by atoms with Crippen molar-refractivity contribution in [3.63, 3.8) is 0 Å². The topological polar surface area (TPSA) is 21.3 Å². The molecule has 0 saturated heterocycles. The van der Waals surface area contributed by atoms with Crippen molar-refractivity contribution < 1.29 is 4.74 Å². The van der Waals surface area contributed by atoms with E-state index in [0.717, 1.165) is 31.7 Å². The number of ether oxygens (including phenoxy) is 1. The van der Waals surface area contributed by atoms with Crippen molar-refractivity contribution in [3.05, 3.63) is 33.8 Å². The quantitative estimate of drug-likeness (QED) is 0.807.